The number of hydrogen-bond donors (Lipinski definition) is 0. The van der Waals surface area contributed by atoms with Gasteiger partial charge in [0.2, 0.25) is 0 Å². The predicted octanol–water partition coefficient (Wildman–Crippen LogP) is 3.58. The lowest BCUT2D eigenvalue weighted by Crippen LogP contribution is -2.35. The van der Waals surface area contributed by atoms with Crippen molar-refractivity contribution in [2.45, 2.75) is 0 Å². The van der Waals surface area contributed by atoms with Crippen molar-refractivity contribution in [1.82, 2.24) is 9.88 Å². The first-order valence-corrected chi connectivity index (χ1v) is 10.8. The molecule has 0 spiro atoms. The van der Waals surface area contributed by atoms with Crippen LogP contribution in [-0.4, -0.2) is 61.1 Å². The number of nitrogens with zero attached hydrogens (tertiary/aromatic N) is 4. The van der Waals surface area contributed by atoms with E-state index in [9.17, 15) is 14.9 Å². The van der Waals surface area contributed by atoms with E-state index in [1.165, 1.54) is 29.5 Å². The average molecular weight is 455 g/mol. The van der Waals surface area contributed by atoms with Crippen LogP contribution in [0.5, 0.6) is 11.5 Å². The summed E-state index contributed by atoms with van der Waals surface area (Å²) >= 11 is 1.42. The first-order chi connectivity index (χ1) is 15.4. The second-order valence-electron chi connectivity index (χ2n) is 7.44. The van der Waals surface area contributed by atoms with Gasteiger partial charge in [-0.3, -0.25) is 19.8 Å². The normalized spacial score (nSPS) is 13.1. The van der Waals surface area contributed by atoms with Crippen molar-refractivity contribution in [3.05, 3.63) is 58.2 Å². The Balaban J connectivity index is 1.59. The quantitative estimate of drug-likeness (QED) is 0.306. The number of rotatable bonds is 7. The van der Waals surface area contributed by atoms with Gasteiger partial charge in [0.05, 0.1) is 15.1 Å². The number of fused-ring (bicyclic) bond motifs is 2. The van der Waals surface area contributed by atoms with Gasteiger partial charge in [0, 0.05) is 43.4 Å². The number of benzene rings is 2. The molecule has 0 saturated heterocycles. The van der Waals surface area contributed by atoms with Crippen molar-refractivity contribution in [2.24, 2.45) is 0 Å². The molecule has 0 aliphatic carbocycles. The fourth-order valence-corrected chi connectivity index (χ4v) is 4.14. The second-order valence-corrected chi connectivity index (χ2v) is 8.44. The van der Waals surface area contributed by atoms with Gasteiger partial charge >= 0.3 is 0 Å². The van der Waals surface area contributed by atoms with Crippen LogP contribution in [0.4, 0.5) is 10.8 Å². The molecule has 0 fully saturated rings. The zero-order valence-electron chi connectivity index (χ0n) is 17.7. The molecule has 9 nitrogen and oxygen atoms in total. The minimum absolute atomic E-state index is 0.00576. The van der Waals surface area contributed by atoms with Gasteiger partial charge in [-0.15, -0.1) is 0 Å². The summed E-state index contributed by atoms with van der Waals surface area (Å²) in [6, 6.07) is 9.76. The Morgan fingerprint density at radius 1 is 1.16 bits per heavy atom. The van der Waals surface area contributed by atoms with Gasteiger partial charge < -0.3 is 14.4 Å². The number of thiazole rings is 1. The van der Waals surface area contributed by atoms with Gasteiger partial charge in [-0.1, -0.05) is 11.3 Å². The Kier molecular flexibility index (Phi) is 6.33. The molecule has 0 radical (unpaired) electrons. The monoisotopic (exact) mass is 454 g/mol. The number of likely N-dealkylation sites (N-methyl/N-ethyl adjacent to an activating group) is 1. The van der Waals surface area contributed by atoms with E-state index in [-0.39, 0.29) is 11.6 Å². The second kappa shape index (κ2) is 9.33. The number of anilines is 1. The van der Waals surface area contributed by atoms with Gasteiger partial charge in [0.15, 0.2) is 16.6 Å². The van der Waals surface area contributed by atoms with Crippen molar-refractivity contribution in [2.75, 3.05) is 45.3 Å². The molecule has 1 aliphatic rings. The van der Waals surface area contributed by atoms with Crippen LogP contribution in [0.1, 0.15) is 5.56 Å². The first-order valence-electron chi connectivity index (χ1n) is 9.99. The number of nitro groups is 1. The van der Waals surface area contributed by atoms with E-state index >= 15 is 0 Å². The maximum Gasteiger partial charge on any atom is 0.269 e. The van der Waals surface area contributed by atoms with Crippen molar-refractivity contribution < 1.29 is 19.2 Å². The Bertz CT molecular complexity index is 1130. The van der Waals surface area contributed by atoms with Crippen molar-refractivity contribution >= 4 is 44.4 Å². The van der Waals surface area contributed by atoms with E-state index in [0.717, 1.165) is 10.2 Å². The number of carbonyl (C=O) groups excluding carboxylic acids is 1. The minimum atomic E-state index is -0.456. The first kappa shape index (κ1) is 21.7. The van der Waals surface area contributed by atoms with Crippen molar-refractivity contribution in [1.29, 1.82) is 0 Å². The van der Waals surface area contributed by atoms with Crippen molar-refractivity contribution in [3.8, 4) is 11.5 Å². The number of carbonyl (C=O) groups is 1. The van der Waals surface area contributed by atoms with E-state index in [2.05, 4.69) is 4.98 Å². The average Bonchev–Trinajstić information content (AvgIpc) is 3.18. The van der Waals surface area contributed by atoms with Gasteiger partial charge in [0.25, 0.3) is 11.6 Å². The van der Waals surface area contributed by atoms with E-state index in [0.29, 0.717) is 48.5 Å². The Morgan fingerprint density at radius 2 is 1.84 bits per heavy atom. The molecule has 0 N–H and O–H groups in total. The fourth-order valence-electron chi connectivity index (χ4n) is 3.13. The lowest BCUT2D eigenvalue weighted by Gasteiger charge is -2.20. The maximum absolute atomic E-state index is 13.1. The minimum Gasteiger partial charge on any atom is -0.486 e. The third kappa shape index (κ3) is 4.87. The summed E-state index contributed by atoms with van der Waals surface area (Å²) in [5.41, 5.74) is 1.45. The summed E-state index contributed by atoms with van der Waals surface area (Å²) < 4.78 is 12.2. The highest BCUT2D eigenvalue weighted by molar-refractivity contribution is 7.22. The highest BCUT2D eigenvalue weighted by Crippen LogP contribution is 2.38. The molecular weight excluding hydrogens is 432 g/mol. The molecule has 0 saturated carbocycles. The van der Waals surface area contributed by atoms with Crippen LogP contribution in [0.2, 0.25) is 0 Å². The number of nitro benzene ring substituents is 1. The molecule has 2 heterocycles. The fraction of sp³-hybridized carbons (Fsp3) is 0.273. The van der Waals surface area contributed by atoms with Gasteiger partial charge in [0.1, 0.15) is 13.2 Å². The summed E-state index contributed by atoms with van der Waals surface area (Å²) in [6.45, 7) is 2.13. The van der Waals surface area contributed by atoms with Crippen molar-refractivity contribution in [3.63, 3.8) is 0 Å². The molecule has 1 aliphatic heterocycles. The highest BCUT2D eigenvalue weighted by atomic mass is 32.1. The molecule has 32 heavy (non-hydrogen) atoms. The molecule has 10 heteroatoms. The topological polar surface area (TPSA) is 98.0 Å². The summed E-state index contributed by atoms with van der Waals surface area (Å²) in [5, 5.41) is 11.4. The van der Waals surface area contributed by atoms with E-state index < -0.39 is 4.92 Å². The Labute approximate surface area is 188 Å². The van der Waals surface area contributed by atoms with Crippen LogP contribution < -0.4 is 14.4 Å². The van der Waals surface area contributed by atoms with Gasteiger partial charge in [-0.2, -0.15) is 0 Å². The standard InChI is InChI=1S/C22H22N4O5S/c1-24(2)9-10-25(21(27)8-5-15-3-6-16(7-4-15)26(28)29)22-23-17-13-18-19(14-20(17)32-22)31-12-11-30-18/h3-8,13-14H,9-12H2,1-2H3. The smallest absolute Gasteiger partial charge is 0.269 e. The number of hydrogen-bond acceptors (Lipinski definition) is 8. The lowest BCUT2D eigenvalue weighted by atomic mass is 10.2. The van der Waals surface area contributed by atoms with E-state index in [1.807, 2.05) is 31.1 Å². The third-order valence-corrected chi connectivity index (χ3v) is 5.87. The van der Waals surface area contributed by atoms with Crippen LogP contribution in [0.3, 0.4) is 0 Å². The van der Waals surface area contributed by atoms with Crippen LogP contribution in [0, 0.1) is 10.1 Å². The van der Waals surface area contributed by atoms with Crippen LogP contribution in [0.15, 0.2) is 42.5 Å². The lowest BCUT2D eigenvalue weighted by molar-refractivity contribution is -0.384. The molecular formula is C22H22N4O5S. The molecule has 3 aromatic rings. The zero-order chi connectivity index (χ0) is 22.7. The summed E-state index contributed by atoms with van der Waals surface area (Å²) in [4.78, 5) is 31.7. The van der Waals surface area contributed by atoms with Crippen LogP contribution in [-0.2, 0) is 4.79 Å². The Morgan fingerprint density at radius 3 is 2.50 bits per heavy atom. The molecule has 0 atom stereocenters. The number of amides is 1. The summed E-state index contributed by atoms with van der Waals surface area (Å²) in [7, 11) is 3.88. The summed E-state index contributed by atoms with van der Waals surface area (Å²) in [5.74, 6) is 1.12. The Hall–Kier alpha value is -3.50. The molecule has 1 amide bonds. The molecule has 2 aromatic carbocycles. The predicted molar refractivity (Wildman–Crippen MR) is 124 cm³/mol. The van der Waals surface area contributed by atoms with E-state index in [4.69, 9.17) is 9.47 Å². The highest BCUT2D eigenvalue weighted by Gasteiger charge is 2.20. The largest absolute Gasteiger partial charge is 0.486 e. The van der Waals surface area contributed by atoms with E-state index in [1.54, 1.807) is 23.1 Å². The van der Waals surface area contributed by atoms with Gasteiger partial charge in [-0.25, -0.2) is 4.98 Å². The molecule has 0 unspecified atom stereocenters. The zero-order valence-corrected chi connectivity index (χ0v) is 18.5. The number of non-ortho nitro benzene ring substituents is 1. The van der Waals surface area contributed by atoms with Crippen LogP contribution >= 0.6 is 11.3 Å². The number of ether oxygens (including phenoxy) is 2. The van der Waals surface area contributed by atoms with Gasteiger partial charge in [-0.05, 0) is 37.9 Å². The SMILES string of the molecule is CN(C)CCN(C(=O)C=Cc1ccc([N+](=O)[O-])cc1)c1nc2cc3c(cc2s1)OCCO3. The third-order valence-electron chi connectivity index (χ3n) is 4.83. The maximum atomic E-state index is 13.1. The van der Waals surface area contributed by atoms with Crippen LogP contribution in [0.25, 0.3) is 16.3 Å². The molecule has 0 bridgehead atoms. The number of aromatic nitrogens is 1. The molecule has 166 valence electrons. The summed E-state index contributed by atoms with van der Waals surface area (Å²) in [6.07, 6.45) is 3.10. The molecule has 1 aromatic heterocycles. The molecule has 4 rings (SSSR count).